The second-order valence-electron chi connectivity index (χ2n) is 4.76. The molecule has 0 aliphatic heterocycles. The summed E-state index contributed by atoms with van der Waals surface area (Å²) in [5, 5.41) is 10.6. The van der Waals surface area contributed by atoms with Crippen LogP contribution in [-0.2, 0) is 10.1 Å². The van der Waals surface area contributed by atoms with Gasteiger partial charge in [-0.3, -0.25) is 10.1 Å². The molecule has 0 fully saturated rings. The Kier molecular flexibility index (Phi) is 5.81. The molecule has 8 nitrogen and oxygen atoms in total. The van der Waals surface area contributed by atoms with Gasteiger partial charge in [0, 0.05) is 18.2 Å². The van der Waals surface area contributed by atoms with E-state index in [1.54, 1.807) is 13.8 Å². The van der Waals surface area contributed by atoms with Crippen molar-refractivity contribution in [2.24, 2.45) is 0 Å². The average molecular weight is 367 g/mol. The zero-order chi connectivity index (χ0) is 18.4. The molecule has 0 aromatic heterocycles. The van der Waals surface area contributed by atoms with Gasteiger partial charge in [0.1, 0.15) is 10.6 Å². The topological polar surface area (TPSA) is 105 Å². The first-order valence-electron chi connectivity index (χ1n) is 7.46. The molecule has 0 N–H and O–H groups in total. The molecule has 0 saturated heterocycles. The lowest BCUT2D eigenvalue weighted by Crippen LogP contribution is -2.10. The van der Waals surface area contributed by atoms with Gasteiger partial charge in [-0.1, -0.05) is 0 Å². The fraction of sp³-hybridized carbons (Fsp3) is 0.250. The molecule has 2 aromatic rings. The van der Waals surface area contributed by atoms with Crippen molar-refractivity contribution in [3.8, 4) is 17.2 Å². The van der Waals surface area contributed by atoms with E-state index in [9.17, 15) is 18.5 Å². The predicted molar refractivity (Wildman–Crippen MR) is 89.7 cm³/mol. The number of nitro groups is 1. The normalized spacial score (nSPS) is 11.0. The molecule has 25 heavy (non-hydrogen) atoms. The predicted octanol–water partition coefficient (Wildman–Crippen LogP) is 3.16. The molecule has 0 spiro atoms. The van der Waals surface area contributed by atoms with Crippen molar-refractivity contribution in [1.82, 2.24) is 0 Å². The molecule has 0 aliphatic carbocycles. The van der Waals surface area contributed by atoms with Crippen LogP contribution in [0.4, 0.5) is 5.69 Å². The van der Waals surface area contributed by atoms with E-state index in [1.165, 1.54) is 30.3 Å². The molecular weight excluding hydrogens is 350 g/mol. The molecule has 0 aliphatic rings. The average Bonchev–Trinajstić information content (AvgIpc) is 2.57. The maximum atomic E-state index is 12.4. The van der Waals surface area contributed by atoms with Gasteiger partial charge in [-0.15, -0.1) is 0 Å². The first kappa shape index (κ1) is 18.5. The van der Waals surface area contributed by atoms with Gasteiger partial charge in [-0.05, 0) is 38.1 Å². The van der Waals surface area contributed by atoms with E-state index in [0.29, 0.717) is 19.0 Å². The zero-order valence-corrected chi connectivity index (χ0v) is 14.5. The summed E-state index contributed by atoms with van der Waals surface area (Å²) in [6.07, 6.45) is 0. The summed E-state index contributed by atoms with van der Waals surface area (Å²) in [5.41, 5.74) is -0.163. The SMILES string of the molecule is CCOc1ccc(S(=O)(=O)Oc2ccc([N+](=O)[O-])cc2)cc1OCC. The number of benzene rings is 2. The van der Waals surface area contributed by atoms with Gasteiger partial charge in [0.2, 0.25) is 0 Å². The second-order valence-corrected chi connectivity index (χ2v) is 6.31. The van der Waals surface area contributed by atoms with E-state index in [1.807, 2.05) is 0 Å². The van der Waals surface area contributed by atoms with Crippen molar-refractivity contribution < 1.29 is 27.0 Å². The first-order valence-corrected chi connectivity index (χ1v) is 8.86. The number of ether oxygens (including phenoxy) is 2. The van der Waals surface area contributed by atoms with Gasteiger partial charge in [0.15, 0.2) is 11.5 Å². The summed E-state index contributed by atoms with van der Waals surface area (Å²) < 4.78 is 40.6. The molecule has 0 bridgehead atoms. The molecule has 0 saturated carbocycles. The number of hydrogen-bond acceptors (Lipinski definition) is 7. The third-order valence-electron chi connectivity index (χ3n) is 3.06. The maximum absolute atomic E-state index is 12.4. The molecule has 0 amide bonds. The van der Waals surface area contributed by atoms with Crippen LogP contribution in [0.25, 0.3) is 0 Å². The molecule has 0 radical (unpaired) electrons. The highest BCUT2D eigenvalue weighted by Crippen LogP contribution is 2.31. The third-order valence-corrected chi connectivity index (χ3v) is 4.30. The lowest BCUT2D eigenvalue weighted by atomic mass is 10.3. The van der Waals surface area contributed by atoms with Crippen molar-refractivity contribution in [3.05, 3.63) is 52.6 Å². The standard InChI is InChI=1S/C16H17NO7S/c1-3-22-15-10-9-14(11-16(15)23-4-2)25(20,21)24-13-7-5-12(6-8-13)17(18)19/h5-11H,3-4H2,1-2H3. The summed E-state index contributed by atoms with van der Waals surface area (Å²) in [7, 11) is -4.12. The van der Waals surface area contributed by atoms with E-state index in [4.69, 9.17) is 13.7 Å². The summed E-state index contributed by atoms with van der Waals surface area (Å²) in [6, 6.07) is 8.90. The molecule has 0 unspecified atom stereocenters. The van der Waals surface area contributed by atoms with Crippen LogP contribution in [0.5, 0.6) is 17.2 Å². The van der Waals surface area contributed by atoms with E-state index < -0.39 is 15.0 Å². The highest BCUT2D eigenvalue weighted by atomic mass is 32.2. The molecule has 2 aromatic carbocycles. The Hall–Kier alpha value is -2.81. The Labute approximate surface area is 145 Å². The van der Waals surface area contributed by atoms with Gasteiger partial charge in [-0.2, -0.15) is 8.42 Å². The van der Waals surface area contributed by atoms with Crippen LogP contribution >= 0.6 is 0 Å². The largest absolute Gasteiger partial charge is 0.490 e. The quantitative estimate of drug-likeness (QED) is 0.401. The number of rotatable bonds is 8. The lowest BCUT2D eigenvalue weighted by Gasteiger charge is -2.13. The fourth-order valence-electron chi connectivity index (χ4n) is 1.99. The number of non-ortho nitro benzene ring substituents is 1. The molecular formula is C16H17NO7S. The fourth-order valence-corrected chi connectivity index (χ4v) is 2.93. The van der Waals surface area contributed by atoms with Gasteiger partial charge in [0.25, 0.3) is 5.69 Å². The van der Waals surface area contributed by atoms with Crippen molar-refractivity contribution >= 4 is 15.8 Å². The monoisotopic (exact) mass is 367 g/mol. The van der Waals surface area contributed by atoms with Crippen LogP contribution in [0.2, 0.25) is 0 Å². The van der Waals surface area contributed by atoms with E-state index in [2.05, 4.69) is 0 Å². The minimum absolute atomic E-state index is 0.0301. The number of hydrogen-bond donors (Lipinski definition) is 0. The molecule has 9 heteroatoms. The zero-order valence-electron chi connectivity index (χ0n) is 13.7. The van der Waals surface area contributed by atoms with Crippen LogP contribution in [0.1, 0.15) is 13.8 Å². The van der Waals surface area contributed by atoms with Gasteiger partial charge in [0.05, 0.1) is 18.1 Å². The molecule has 2 rings (SSSR count). The van der Waals surface area contributed by atoms with Crippen molar-refractivity contribution in [1.29, 1.82) is 0 Å². The van der Waals surface area contributed by atoms with Crippen LogP contribution in [0.15, 0.2) is 47.4 Å². The van der Waals surface area contributed by atoms with Gasteiger partial charge < -0.3 is 13.7 Å². The van der Waals surface area contributed by atoms with E-state index >= 15 is 0 Å². The van der Waals surface area contributed by atoms with Crippen molar-refractivity contribution in [2.45, 2.75) is 18.7 Å². The summed E-state index contributed by atoms with van der Waals surface area (Å²) in [4.78, 5) is 9.93. The van der Waals surface area contributed by atoms with E-state index in [0.717, 1.165) is 12.1 Å². The van der Waals surface area contributed by atoms with Crippen molar-refractivity contribution in [3.63, 3.8) is 0 Å². The Balaban J connectivity index is 2.29. The van der Waals surface area contributed by atoms with Crippen LogP contribution in [0, 0.1) is 10.1 Å². The summed E-state index contributed by atoms with van der Waals surface area (Å²) >= 11 is 0. The second kappa shape index (κ2) is 7.84. The number of nitro benzene ring substituents is 1. The smallest absolute Gasteiger partial charge is 0.339 e. The summed E-state index contributed by atoms with van der Waals surface area (Å²) in [5.74, 6) is 0.689. The van der Waals surface area contributed by atoms with Crippen molar-refractivity contribution in [2.75, 3.05) is 13.2 Å². The minimum atomic E-state index is -4.12. The van der Waals surface area contributed by atoms with Gasteiger partial charge >= 0.3 is 10.1 Å². The van der Waals surface area contributed by atoms with Crippen LogP contribution in [-0.4, -0.2) is 26.6 Å². The third kappa shape index (κ3) is 4.60. The summed E-state index contributed by atoms with van der Waals surface area (Å²) in [6.45, 7) is 4.32. The molecule has 134 valence electrons. The highest BCUT2D eigenvalue weighted by molar-refractivity contribution is 7.87. The first-order chi connectivity index (χ1) is 11.9. The Morgan fingerprint density at radius 1 is 0.960 bits per heavy atom. The van der Waals surface area contributed by atoms with E-state index in [-0.39, 0.29) is 22.1 Å². The Morgan fingerprint density at radius 2 is 1.56 bits per heavy atom. The molecule has 0 heterocycles. The minimum Gasteiger partial charge on any atom is -0.490 e. The Morgan fingerprint density at radius 3 is 2.12 bits per heavy atom. The Bertz CT molecular complexity index is 847. The van der Waals surface area contributed by atoms with Crippen LogP contribution < -0.4 is 13.7 Å². The number of nitrogens with zero attached hydrogens (tertiary/aromatic N) is 1. The lowest BCUT2D eigenvalue weighted by molar-refractivity contribution is -0.384. The van der Waals surface area contributed by atoms with Gasteiger partial charge in [-0.25, -0.2) is 0 Å². The highest BCUT2D eigenvalue weighted by Gasteiger charge is 2.20. The maximum Gasteiger partial charge on any atom is 0.339 e. The molecule has 0 atom stereocenters. The van der Waals surface area contributed by atoms with Crippen LogP contribution in [0.3, 0.4) is 0 Å².